The lowest BCUT2D eigenvalue weighted by Crippen LogP contribution is -2.42. The summed E-state index contributed by atoms with van der Waals surface area (Å²) in [6.07, 6.45) is -1.92. The molecule has 0 spiro atoms. The molecule has 0 heterocycles. The van der Waals surface area contributed by atoms with Gasteiger partial charge in [-0.05, 0) is 0 Å². The van der Waals surface area contributed by atoms with Crippen molar-refractivity contribution in [2.24, 2.45) is 5.73 Å². The van der Waals surface area contributed by atoms with Crippen LogP contribution in [-0.2, 0) is 9.59 Å². The molecule has 0 amide bonds. The molecular weight excluding hydrogens is 154 g/mol. The number of aliphatic hydroxyl groups excluding tert-OH is 1. The van der Waals surface area contributed by atoms with Crippen molar-refractivity contribution >= 4 is 11.9 Å². The molecule has 0 bridgehead atoms. The number of carbonyl (C=O) groups is 2. The highest BCUT2D eigenvalue weighted by Gasteiger charge is 2.23. The molecule has 6 nitrogen and oxygen atoms in total. The van der Waals surface area contributed by atoms with Gasteiger partial charge < -0.3 is 21.1 Å². The van der Waals surface area contributed by atoms with Gasteiger partial charge >= 0.3 is 11.9 Å². The highest BCUT2D eigenvalue weighted by Crippen LogP contribution is 1.96. The Balaban J connectivity index is 4.14. The lowest BCUT2D eigenvalue weighted by atomic mass is 10.1. The van der Waals surface area contributed by atoms with Crippen LogP contribution in [0.2, 0.25) is 0 Å². The van der Waals surface area contributed by atoms with Crippen LogP contribution in [0.25, 0.3) is 0 Å². The van der Waals surface area contributed by atoms with Crippen LogP contribution in [0, 0.1) is 0 Å². The second-order valence-electron chi connectivity index (χ2n) is 2.00. The van der Waals surface area contributed by atoms with Crippen molar-refractivity contribution in [3.05, 3.63) is 0 Å². The van der Waals surface area contributed by atoms with Crippen LogP contribution in [0.3, 0.4) is 0 Å². The van der Waals surface area contributed by atoms with Crippen molar-refractivity contribution in [1.82, 2.24) is 0 Å². The molecule has 0 aromatic rings. The summed E-state index contributed by atoms with van der Waals surface area (Å²) in [6, 6.07) is -1.49. The summed E-state index contributed by atoms with van der Waals surface area (Å²) >= 11 is 0. The van der Waals surface area contributed by atoms with Crippen molar-refractivity contribution in [1.29, 1.82) is 1.43 Å². The van der Waals surface area contributed by atoms with Crippen LogP contribution in [0.1, 0.15) is 6.42 Å². The zero-order valence-electron chi connectivity index (χ0n) is 6.56. The molecule has 6 heteroatoms. The van der Waals surface area contributed by atoms with Crippen LogP contribution in [0.4, 0.5) is 0 Å². The third-order valence-corrected chi connectivity index (χ3v) is 1.06. The van der Waals surface area contributed by atoms with Crippen molar-refractivity contribution in [2.45, 2.75) is 18.6 Å². The Morgan fingerprint density at radius 3 is 2.36 bits per heavy atom. The van der Waals surface area contributed by atoms with Crippen LogP contribution < -0.4 is 5.73 Å². The number of nitrogens with two attached hydrogens (primary N) is 1. The van der Waals surface area contributed by atoms with Crippen molar-refractivity contribution in [2.75, 3.05) is 0 Å². The van der Waals surface area contributed by atoms with Gasteiger partial charge in [0.05, 0.1) is 12.5 Å². The van der Waals surface area contributed by atoms with E-state index in [1.165, 1.54) is 0 Å². The minimum Gasteiger partial charge on any atom is -0.481 e. The summed E-state index contributed by atoms with van der Waals surface area (Å²) in [5.74, 6) is -2.66. The van der Waals surface area contributed by atoms with Crippen molar-refractivity contribution in [3.63, 3.8) is 0 Å². The molecule has 1 unspecified atom stereocenters. The van der Waals surface area contributed by atoms with Gasteiger partial charge in [-0.25, -0.2) is 0 Å². The first-order chi connectivity index (χ1) is 5.49. The maximum atomic E-state index is 10.2. The van der Waals surface area contributed by atoms with Gasteiger partial charge in [0.2, 0.25) is 1.43 Å². The molecule has 64 valence electrons. The molecule has 0 aromatic heterocycles. The Morgan fingerprint density at radius 1 is 1.55 bits per heavy atom. The predicted molar refractivity (Wildman–Crippen MR) is 33.9 cm³/mol. The molecule has 0 radical (unpaired) electrons. The summed E-state index contributed by atoms with van der Waals surface area (Å²) in [5, 5.41) is 20.4. The summed E-state index contributed by atoms with van der Waals surface area (Å²) in [4.78, 5) is 20.3. The van der Waals surface area contributed by atoms with Crippen molar-refractivity contribution < 1.29 is 24.9 Å². The van der Waals surface area contributed by atoms with Gasteiger partial charge in [0, 0.05) is 0 Å². The largest absolute Gasteiger partial charge is 0.481 e. The first-order valence-corrected chi connectivity index (χ1v) is 2.81. The van der Waals surface area contributed by atoms with E-state index >= 15 is 0 Å². The molecule has 0 aliphatic heterocycles. The van der Waals surface area contributed by atoms with E-state index in [0.29, 0.717) is 0 Å². The quantitative estimate of drug-likeness (QED) is 0.381. The second kappa shape index (κ2) is 3.89. The third kappa shape index (κ3) is 3.54. The van der Waals surface area contributed by atoms with E-state index in [9.17, 15) is 9.59 Å². The molecule has 11 heavy (non-hydrogen) atoms. The smallest absolute Gasteiger partial charge is 0.323 e. The van der Waals surface area contributed by atoms with Crippen LogP contribution in [0.5, 0.6) is 0 Å². The monoisotopic (exact) mass is 164 g/mol. The van der Waals surface area contributed by atoms with Gasteiger partial charge in [0.15, 0.2) is 0 Å². The van der Waals surface area contributed by atoms with E-state index in [2.05, 4.69) is 5.11 Å². The molecule has 0 rings (SSSR count). The van der Waals surface area contributed by atoms with E-state index in [0.717, 1.165) is 0 Å². The second-order valence-corrected chi connectivity index (χ2v) is 2.00. The van der Waals surface area contributed by atoms with Gasteiger partial charge in [-0.1, -0.05) is 0 Å². The van der Waals surface area contributed by atoms with Gasteiger partial charge in [-0.2, -0.15) is 0 Å². The average molecular weight is 164 g/mol. The zero-order valence-corrected chi connectivity index (χ0v) is 5.56. The maximum Gasteiger partial charge on any atom is 0.323 e. The van der Waals surface area contributed by atoms with E-state index in [1.54, 1.807) is 0 Å². The van der Waals surface area contributed by atoms with Gasteiger partial charge in [0.1, 0.15) is 6.04 Å². The number of carboxylic acid groups (broad SMARTS) is 2. The first kappa shape index (κ1) is 7.96. The minimum absolute atomic E-state index is 0.600. The fraction of sp³-hybridized carbons (Fsp3) is 0.600. The fourth-order valence-electron chi connectivity index (χ4n) is 0.458. The minimum atomic E-state index is -1.49. The molecule has 0 fully saturated rings. The Kier molecular flexibility index (Phi) is 2.82. The van der Waals surface area contributed by atoms with E-state index in [1.807, 2.05) is 0 Å². The van der Waals surface area contributed by atoms with E-state index in [-0.39, 0.29) is 0 Å². The zero-order chi connectivity index (χ0) is 9.72. The van der Waals surface area contributed by atoms with Gasteiger partial charge in [-0.3, -0.25) is 9.59 Å². The Bertz CT molecular complexity index is 185. The number of aliphatic carboxylic acids is 2. The predicted octanol–water partition coefficient (Wildman–Crippen LogP) is -1.77. The molecule has 0 saturated heterocycles. The van der Waals surface area contributed by atoms with E-state index < -0.39 is 30.5 Å². The van der Waals surface area contributed by atoms with Crippen LogP contribution in [0.15, 0.2) is 0 Å². The number of aliphatic hydroxyl groups is 1. The number of hydrogen-bond donors (Lipinski definition) is 4. The van der Waals surface area contributed by atoms with Crippen LogP contribution in [-0.4, -0.2) is 40.8 Å². The van der Waals surface area contributed by atoms with E-state index in [4.69, 9.17) is 17.4 Å². The normalized spacial score (nSPS) is 16.6. The Labute approximate surface area is 63.7 Å². The van der Waals surface area contributed by atoms with Crippen LogP contribution >= 0.6 is 0 Å². The standard InChI is InChI=1S/C5H9NO5/c6-4(5(10)11)2(7)1-3(8)9/h2,4,7H,1,6H2,(H,8,9)(H,10,11)/t2?,4-/m0/s1/i7D. The molecule has 0 aromatic carbocycles. The SMILES string of the molecule is [2H]OC(CC(=O)O)[C@H](N)C(=O)O. The molecule has 0 aliphatic rings. The first-order valence-electron chi connectivity index (χ1n) is 3.22. The lowest BCUT2D eigenvalue weighted by Gasteiger charge is -2.11. The molecule has 0 aliphatic carbocycles. The molecular formula is C5H9NO5. The fourth-order valence-corrected chi connectivity index (χ4v) is 0.458. The van der Waals surface area contributed by atoms with Gasteiger partial charge in [0.25, 0.3) is 0 Å². The summed E-state index contributed by atoms with van der Waals surface area (Å²) in [6.45, 7) is 0. The summed E-state index contributed by atoms with van der Waals surface area (Å²) in [5.41, 5.74) is 5.01. The average Bonchev–Trinajstić information content (AvgIpc) is 1.98. The maximum absolute atomic E-state index is 10.2. The lowest BCUT2D eigenvalue weighted by molar-refractivity contribution is -0.144. The van der Waals surface area contributed by atoms with Crippen molar-refractivity contribution in [3.8, 4) is 0 Å². The third-order valence-electron chi connectivity index (χ3n) is 1.06. The number of carboxylic acids is 2. The Hall–Kier alpha value is -1.14. The molecule has 5 N–H and O–H groups in total. The highest BCUT2D eigenvalue weighted by atomic mass is 16.4. The number of rotatable bonds is 5. The number of hydrogen-bond acceptors (Lipinski definition) is 4. The summed E-state index contributed by atoms with van der Waals surface area (Å²) < 4.78 is 6.37. The highest BCUT2D eigenvalue weighted by molar-refractivity contribution is 5.76. The summed E-state index contributed by atoms with van der Waals surface area (Å²) in [7, 11) is 0. The molecule has 0 saturated carbocycles. The Morgan fingerprint density at radius 2 is 2.09 bits per heavy atom. The topological polar surface area (TPSA) is 121 Å². The van der Waals surface area contributed by atoms with Gasteiger partial charge in [-0.15, -0.1) is 0 Å². The molecule has 2 atom stereocenters.